The standard InChI is InChI=1S/C15H18N2O4/c1-9-6-10(17(3)15(21)16(9)2)4-5-12-13(19)7-11(18)8-14(12)20/h4-8,10,18-20H,1-3H3/b5-4+. The zero-order valence-electron chi connectivity index (χ0n) is 12.1. The van der Waals surface area contributed by atoms with Gasteiger partial charge in [0.05, 0.1) is 11.6 Å². The van der Waals surface area contributed by atoms with Crippen molar-refractivity contribution in [1.82, 2.24) is 9.80 Å². The maximum atomic E-state index is 12.0. The lowest BCUT2D eigenvalue weighted by molar-refractivity contribution is 0.173. The molecule has 1 aromatic rings. The van der Waals surface area contributed by atoms with Gasteiger partial charge in [0.2, 0.25) is 0 Å². The SMILES string of the molecule is CC1=CC(/C=C/c2c(O)cc(O)cc2O)N(C)C(=O)N1C. The molecule has 0 aromatic heterocycles. The molecule has 0 saturated heterocycles. The number of aromatic hydroxyl groups is 3. The number of phenols is 3. The maximum absolute atomic E-state index is 12.0. The van der Waals surface area contributed by atoms with Crippen LogP contribution in [0.4, 0.5) is 4.79 Å². The van der Waals surface area contributed by atoms with E-state index < -0.39 is 0 Å². The Morgan fingerprint density at radius 1 is 1.14 bits per heavy atom. The molecule has 1 heterocycles. The van der Waals surface area contributed by atoms with Crippen molar-refractivity contribution in [1.29, 1.82) is 0 Å². The number of phenolic OH excluding ortho intramolecular Hbond substituents is 3. The third kappa shape index (κ3) is 2.79. The van der Waals surface area contributed by atoms with E-state index in [1.807, 2.05) is 13.0 Å². The third-order valence-electron chi connectivity index (χ3n) is 3.56. The summed E-state index contributed by atoms with van der Waals surface area (Å²) in [7, 11) is 3.37. The Morgan fingerprint density at radius 3 is 2.29 bits per heavy atom. The summed E-state index contributed by atoms with van der Waals surface area (Å²) in [5.41, 5.74) is 1.02. The fourth-order valence-corrected chi connectivity index (χ4v) is 2.14. The number of hydrogen-bond acceptors (Lipinski definition) is 4. The molecule has 0 bridgehead atoms. The Labute approximate surface area is 122 Å². The molecule has 2 amide bonds. The molecule has 0 aliphatic carbocycles. The van der Waals surface area contributed by atoms with Crippen LogP contribution in [0, 0.1) is 0 Å². The number of rotatable bonds is 2. The van der Waals surface area contributed by atoms with Gasteiger partial charge in [-0.2, -0.15) is 0 Å². The van der Waals surface area contributed by atoms with Gasteiger partial charge in [0.1, 0.15) is 17.2 Å². The molecule has 2 rings (SSSR count). The molecule has 1 aliphatic heterocycles. The van der Waals surface area contributed by atoms with Gasteiger partial charge in [0, 0.05) is 31.9 Å². The normalized spacial score (nSPS) is 19.3. The molecule has 21 heavy (non-hydrogen) atoms. The Balaban J connectivity index is 2.32. The quantitative estimate of drug-likeness (QED) is 0.778. The first-order chi connectivity index (χ1) is 9.81. The monoisotopic (exact) mass is 290 g/mol. The van der Waals surface area contributed by atoms with E-state index in [4.69, 9.17) is 0 Å². The summed E-state index contributed by atoms with van der Waals surface area (Å²) < 4.78 is 0. The minimum atomic E-state index is -0.277. The fourth-order valence-electron chi connectivity index (χ4n) is 2.14. The number of urea groups is 1. The molecule has 6 nitrogen and oxygen atoms in total. The zero-order valence-corrected chi connectivity index (χ0v) is 12.1. The van der Waals surface area contributed by atoms with Crippen molar-refractivity contribution in [2.45, 2.75) is 13.0 Å². The zero-order chi connectivity index (χ0) is 15.7. The van der Waals surface area contributed by atoms with Gasteiger partial charge in [0.15, 0.2) is 0 Å². The molecule has 0 radical (unpaired) electrons. The van der Waals surface area contributed by atoms with Crippen LogP contribution in [0.1, 0.15) is 12.5 Å². The summed E-state index contributed by atoms with van der Waals surface area (Å²) in [4.78, 5) is 15.1. The first-order valence-electron chi connectivity index (χ1n) is 6.43. The summed E-state index contributed by atoms with van der Waals surface area (Å²) in [6.07, 6.45) is 5.11. The summed E-state index contributed by atoms with van der Waals surface area (Å²) >= 11 is 0. The molecule has 1 aromatic carbocycles. The van der Waals surface area contributed by atoms with Crippen molar-refractivity contribution in [3.8, 4) is 17.2 Å². The van der Waals surface area contributed by atoms with Crippen LogP contribution in [0.25, 0.3) is 6.08 Å². The van der Waals surface area contributed by atoms with E-state index in [2.05, 4.69) is 0 Å². The predicted molar refractivity (Wildman–Crippen MR) is 78.9 cm³/mol. The van der Waals surface area contributed by atoms with Crippen molar-refractivity contribution in [3.63, 3.8) is 0 Å². The van der Waals surface area contributed by atoms with Crippen LogP contribution in [0.3, 0.4) is 0 Å². The number of benzene rings is 1. The third-order valence-corrected chi connectivity index (χ3v) is 3.56. The molecule has 1 aliphatic rings. The number of likely N-dealkylation sites (N-methyl/N-ethyl adjacent to an activating group) is 1. The van der Waals surface area contributed by atoms with Crippen LogP contribution in [0.15, 0.2) is 30.0 Å². The average Bonchev–Trinajstić information content (AvgIpc) is 2.40. The Morgan fingerprint density at radius 2 is 1.71 bits per heavy atom. The topological polar surface area (TPSA) is 84.2 Å². The van der Waals surface area contributed by atoms with Crippen molar-refractivity contribution >= 4 is 12.1 Å². The number of carbonyl (C=O) groups is 1. The first-order valence-corrected chi connectivity index (χ1v) is 6.43. The Kier molecular flexibility index (Phi) is 3.80. The van der Waals surface area contributed by atoms with Gasteiger partial charge in [-0.1, -0.05) is 6.08 Å². The van der Waals surface area contributed by atoms with Gasteiger partial charge in [-0.05, 0) is 19.1 Å². The van der Waals surface area contributed by atoms with Gasteiger partial charge < -0.3 is 25.1 Å². The fraction of sp³-hybridized carbons (Fsp3) is 0.267. The summed E-state index contributed by atoms with van der Waals surface area (Å²) in [5, 5.41) is 28.7. The summed E-state index contributed by atoms with van der Waals surface area (Å²) in [6.45, 7) is 1.83. The molecular formula is C15H18N2O4. The lowest BCUT2D eigenvalue weighted by atomic mass is 10.1. The van der Waals surface area contributed by atoms with E-state index in [-0.39, 0.29) is 34.9 Å². The lowest BCUT2D eigenvalue weighted by Gasteiger charge is -2.34. The van der Waals surface area contributed by atoms with Crippen LogP contribution >= 0.6 is 0 Å². The summed E-state index contributed by atoms with van der Waals surface area (Å²) in [5.74, 6) is -0.679. The molecule has 6 heteroatoms. The average molecular weight is 290 g/mol. The summed E-state index contributed by atoms with van der Waals surface area (Å²) in [6, 6.07) is 1.87. The number of nitrogens with zero attached hydrogens (tertiary/aromatic N) is 2. The van der Waals surface area contributed by atoms with Crippen LogP contribution in [-0.4, -0.2) is 51.3 Å². The highest BCUT2D eigenvalue weighted by atomic mass is 16.3. The molecule has 0 saturated carbocycles. The lowest BCUT2D eigenvalue weighted by Crippen LogP contribution is -2.46. The number of hydrogen-bond donors (Lipinski definition) is 3. The predicted octanol–water partition coefficient (Wildman–Crippen LogP) is 2.09. The molecule has 1 unspecified atom stereocenters. The second-order valence-corrected chi connectivity index (χ2v) is 5.01. The smallest absolute Gasteiger partial charge is 0.324 e. The first kappa shape index (κ1) is 14.8. The van der Waals surface area contributed by atoms with Crippen molar-refractivity contribution in [2.75, 3.05) is 14.1 Å². The molecule has 0 spiro atoms. The molecular weight excluding hydrogens is 272 g/mol. The molecule has 1 atom stereocenters. The van der Waals surface area contributed by atoms with Gasteiger partial charge in [-0.3, -0.25) is 0 Å². The highest BCUT2D eigenvalue weighted by Gasteiger charge is 2.25. The Hall–Kier alpha value is -2.63. The van der Waals surface area contributed by atoms with Gasteiger partial charge in [0.25, 0.3) is 0 Å². The number of amides is 2. The highest BCUT2D eigenvalue weighted by molar-refractivity contribution is 5.78. The molecule has 3 N–H and O–H groups in total. The van der Waals surface area contributed by atoms with Crippen molar-refractivity contribution in [3.05, 3.63) is 35.5 Å². The van der Waals surface area contributed by atoms with Crippen molar-refractivity contribution in [2.24, 2.45) is 0 Å². The van der Waals surface area contributed by atoms with Gasteiger partial charge in [-0.15, -0.1) is 0 Å². The van der Waals surface area contributed by atoms with E-state index >= 15 is 0 Å². The minimum absolute atomic E-state index is 0.135. The van der Waals surface area contributed by atoms with Gasteiger partial charge in [-0.25, -0.2) is 4.79 Å². The number of carbonyl (C=O) groups excluding carboxylic acids is 1. The Bertz CT molecular complexity index is 614. The van der Waals surface area contributed by atoms with E-state index in [1.54, 1.807) is 25.1 Å². The van der Waals surface area contributed by atoms with E-state index in [9.17, 15) is 20.1 Å². The van der Waals surface area contributed by atoms with Crippen LogP contribution in [0.5, 0.6) is 17.2 Å². The van der Waals surface area contributed by atoms with Gasteiger partial charge >= 0.3 is 6.03 Å². The van der Waals surface area contributed by atoms with E-state index in [0.29, 0.717) is 0 Å². The second kappa shape index (κ2) is 5.40. The minimum Gasteiger partial charge on any atom is -0.508 e. The number of allylic oxidation sites excluding steroid dienone is 1. The van der Waals surface area contributed by atoms with Crippen molar-refractivity contribution < 1.29 is 20.1 Å². The van der Waals surface area contributed by atoms with Crippen LogP contribution < -0.4 is 0 Å². The molecule has 112 valence electrons. The van der Waals surface area contributed by atoms with E-state index in [1.165, 1.54) is 11.0 Å². The maximum Gasteiger partial charge on any atom is 0.324 e. The van der Waals surface area contributed by atoms with Crippen LogP contribution in [-0.2, 0) is 0 Å². The second-order valence-electron chi connectivity index (χ2n) is 5.01. The highest BCUT2D eigenvalue weighted by Crippen LogP contribution is 2.33. The largest absolute Gasteiger partial charge is 0.508 e. The molecule has 0 fully saturated rings. The van der Waals surface area contributed by atoms with E-state index in [0.717, 1.165) is 17.8 Å². The van der Waals surface area contributed by atoms with Crippen LogP contribution in [0.2, 0.25) is 0 Å².